The van der Waals surface area contributed by atoms with Crippen molar-refractivity contribution in [3.05, 3.63) is 69.7 Å². The van der Waals surface area contributed by atoms with Crippen LogP contribution in [0.15, 0.2) is 42.5 Å². The van der Waals surface area contributed by atoms with E-state index in [1.165, 1.54) is 23.5 Å². The summed E-state index contributed by atoms with van der Waals surface area (Å²) in [4.78, 5) is 30.3. The summed E-state index contributed by atoms with van der Waals surface area (Å²) in [6, 6.07) is 10.1. The number of thiazole rings is 1. The van der Waals surface area contributed by atoms with E-state index in [0.717, 1.165) is 60.4 Å². The van der Waals surface area contributed by atoms with Gasteiger partial charge in [-0.15, -0.1) is 11.3 Å². The van der Waals surface area contributed by atoms with Crippen molar-refractivity contribution in [2.45, 2.75) is 71.9 Å². The monoisotopic (exact) mass is 561 g/mol. The molecule has 2 aromatic carbocycles. The maximum atomic E-state index is 13.0. The molecular weight excluding hydrogens is 527 g/mol. The zero-order valence-corrected chi connectivity index (χ0v) is 23.3. The Balaban J connectivity index is 1.71. The van der Waals surface area contributed by atoms with Gasteiger partial charge in [-0.2, -0.15) is 13.2 Å². The van der Waals surface area contributed by atoms with Gasteiger partial charge in [0.05, 0.1) is 17.9 Å². The first-order valence-corrected chi connectivity index (χ1v) is 14.0. The van der Waals surface area contributed by atoms with Crippen LogP contribution in [0, 0.1) is 6.92 Å². The number of hydrogen-bond acceptors (Lipinski definition) is 6. The SMILES string of the molecule is CCCCCCc1nc(-c2ccc(C(F)(F)F)cc2)sc1CCC(=O)c1ccc(OCC(=O)OCC)c(C)c1. The summed E-state index contributed by atoms with van der Waals surface area (Å²) in [5.41, 5.74) is 2.14. The molecule has 0 bridgehead atoms. The summed E-state index contributed by atoms with van der Waals surface area (Å²) < 4.78 is 49.3. The third-order valence-corrected chi connectivity index (χ3v) is 7.44. The van der Waals surface area contributed by atoms with Gasteiger partial charge < -0.3 is 9.47 Å². The molecule has 0 saturated heterocycles. The number of nitrogens with zero attached hydrogens (tertiary/aromatic N) is 1. The van der Waals surface area contributed by atoms with Crippen LogP contribution in [0.5, 0.6) is 5.75 Å². The number of ether oxygens (including phenoxy) is 2. The second-order valence-corrected chi connectivity index (χ2v) is 10.4. The second kappa shape index (κ2) is 14.3. The molecule has 9 heteroatoms. The van der Waals surface area contributed by atoms with Gasteiger partial charge in [-0.3, -0.25) is 4.79 Å². The first-order chi connectivity index (χ1) is 18.6. The van der Waals surface area contributed by atoms with E-state index in [1.54, 1.807) is 25.1 Å². The van der Waals surface area contributed by atoms with Crippen LogP contribution in [0.1, 0.15) is 78.0 Å². The Morgan fingerprint density at radius 2 is 1.72 bits per heavy atom. The number of carbonyl (C=O) groups excluding carboxylic acids is 2. The third-order valence-electron chi connectivity index (χ3n) is 6.23. The predicted molar refractivity (Wildman–Crippen MR) is 146 cm³/mol. The Morgan fingerprint density at radius 1 is 0.974 bits per heavy atom. The smallest absolute Gasteiger partial charge is 0.416 e. The number of Topliss-reactive ketones (excluding diaryl/α,β-unsaturated/α-hetero) is 1. The lowest BCUT2D eigenvalue weighted by molar-refractivity contribution is -0.145. The number of hydrogen-bond donors (Lipinski definition) is 0. The average Bonchev–Trinajstić information content (AvgIpc) is 3.31. The zero-order chi connectivity index (χ0) is 28.4. The zero-order valence-electron chi connectivity index (χ0n) is 22.5. The quantitative estimate of drug-likeness (QED) is 0.113. The largest absolute Gasteiger partial charge is 0.482 e. The molecule has 1 aromatic heterocycles. The molecule has 0 amide bonds. The lowest BCUT2D eigenvalue weighted by Crippen LogP contribution is -2.15. The molecule has 0 aliphatic heterocycles. The number of rotatable bonds is 14. The maximum absolute atomic E-state index is 13.0. The predicted octanol–water partition coefficient (Wildman–Crippen LogP) is 8.02. The van der Waals surface area contributed by atoms with Gasteiger partial charge in [0, 0.05) is 22.4 Å². The number of halogens is 3. The van der Waals surface area contributed by atoms with E-state index in [-0.39, 0.29) is 25.4 Å². The fourth-order valence-electron chi connectivity index (χ4n) is 4.11. The number of aromatic nitrogens is 1. The van der Waals surface area contributed by atoms with Gasteiger partial charge >= 0.3 is 12.1 Å². The molecule has 210 valence electrons. The molecule has 0 atom stereocenters. The molecule has 0 saturated carbocycles. The van der Waals surface area contributed by atoms with Crippen LogP contribution in [0.2, 0.25) is 0 Å². The molecule has 0 aliphatic rings. The summed E-state index contributed by atoms with van der Waals surface area (Å²) in [7, 11) is 0. The second-order valence-electron chi connectivity index (χ2n) is 9.27. The van der Waals surface area contributed by atoms with Crippen molar-refractivity contribution >= 4 is 23.1 Å². The summed E-state index contributed by atoms with van der Waals surface area (Å²) in [6.45, 7) is 5.76. The summed E-state index contributed by atoms with van der Waals surface area (Å²) in [5.74, 6) is 0.0248. The highest BCUT2D eigenvalue weighted by Crippen LogP contribution is 2.34. The fraction of sp³-hybridized carbons (Fsp3) is 0.433. The van der Waals surface area contributed by atoms with E-state index in [4.69, 9.17) is 14.5 Å². The number of esters is 1. The highest BCUT2D eigenvalue weighted by atomic mass is 32.1. The number of aryl methyl sites for hydroxylation is 3. The number of unbranched alkanes of at least 4 members (excludes halogenated alkanes) is 3. The van der Waals surface area contributed by atoms with Crippen molar-refractivity contribution in [2.75, 3.05) is 13.2 Å². The topological polar surface area (TPSA) is 65.5 Å². The maximum Gasteiger partial charge on any atom is 0.416 e. The normalized spacial score (nSPS) is 11.4. The Hall–Kier alpha value is -3.20. The molecule has 0 unspecified atom stereocenters. The van der Waals surface area contributed by atoms with E-state index < -0.39 is 17.7 Å². The molecular formula is C30H34F3NO4S. The first kappa shape index (κ1) is 30.3. The van der Waals surface area contributed by atoms with Gasteiger partial charge in [0.1, 0.15) is 10.8 Å². The molecule has 0 N–H and O–H groups in total. The molecule has 1 heterocycles. The van der Waals surface area contributed by atoms with E-state index in [1.807, 2.05) is 6.92 Å². The minimum absolute atomic E-state index is 0.0311. The van der Waals surface area contributed by atoms with Crippen molar-refractivity contribution in [3.63, 3.8) is 0 Å². The lowest BCUT2D eigenvalue weighted by atomic mass is 10.0. The van der Waals surface area contributed by atoms with Gasteiger partial charge in [0.15, 0.2) is 12.4 Å². The van der Waals surface area contributed by atoms with Gasteiger partial charge in [-0.05, 0) is 69.0 Å². The molecule has 0 spiro atoms. The Morgan fingerprint density at radius 3 is 2.36 bits per heavy atom. The Bertz CT molecular complexity index is 1250. The third kappa shape index (κ3) is 8.92. The van der Waals surface area contributed by atoms with Gasteiger partial charge in [0.25, 0.3) is 0 Å². The molecule has 5 nitrogen and oxygen atoms in total. The van der Waals surface area contributed by atoms with Crippen molar-refractivity contribution in [3.8, 4) is 16.3 Å². The molecule has 3 rings (SSSR count). The number of benzene rings is 2. The van der Waals surface area contributed by atoms with Gasteiger partial charge in [-0.1, -0.05) is 38.3 Å². The van der Waals surface area contributed by atoms with E-state index in [0.29, 0.717) is 28.3 Å². The Kier molecular flexibility index (Phi) is 11.1. The van der Waals surface area contributed by atoms with Gasteiger partial charge in [0.2, 0.25) is 0 Å². The van der Waals surface area contributed by atoms with Crippen LogP contribution in [-0.2, 0) is 28.5 Å². The van der Waals surface area contributed by atoms with Crippen LogP contribution in [0.25, 0.3) is 10.6 Å². The summed E-state index contributed by atoms with van der Waals surface area (Å²) in [6.07, 6.45) is 1.44. The minimum atomic E-state index is -4.39. The van der Waals surface area contributed by atoms with Crippen LogP contribution in [-0.4, -0.2) is 30.0 Å². The molecule has 39 heavy (non-hydrogen) atoms. The van der Waals surface area contributed by atoms with Crippen LogP contribution < -0.4 is 4.74 Å². The first-order valence-electron chi connectivity index (χ1n) is 13.2. The standard InChI is InChI=1S/C30H34F3NO4S/c1-4-6-7-8-9-24-27(39-29(34-24)21-10-13-23(14-11-21)30(31,32)33)17-15-25(35)22-12-16-26(20(3)18-22)38-19-28(36)37-5-2/h10-14,16,18H,4-9,15,17,19H2,1-3H3. The lowest BCUT2D eigenvalue weighted by Gasteiger charge is -2.10. The summed E-state index contributed by atoms with van der Waals surface area (Å²) in [5, 5.41) is 0.663. The molecule has 3 aromatic rings. The van der Waals surface area contributed by atoms with Crippen molar-refractivity contribution < 1.29 is 32.2 Å². The highest BCUT2D eigenvalue weighted by molar-refractivity contribution is 7.15. The number of ketones is 1. The average molecular weight is 562 g/mol. The van der Waals surface area contributed by atoms with Crippen molar-refractivity contribution in [2.24, 2.45) is 0 Å². The fourth-order valence-corrected chi connectivity index (χ4v) is 5.23. The van der Waals surface area contributed by atoms with Crippen molar-refractivity contribution in [1.29, 1.82) is 0 Å². The van der Waals surface area contributed by atoms with Crippen LogP contribution in [0.3, 0.4) is 0 Å². The number of alkyl halides is 3. The summed E-state index contributed by atoms with van der Waals surface area (Å²) >= 11 is 1.44. The molecule has 0 aliphatic carbocycles. The molecule has 0 radical (unpaired) electrons. The van der Waals surface area contributed by atoms with E-state index in [9.17, 15) is 22.8 Å². The van der Waals surface area contributed by atoms with Crippen LogP contribution in [0.4, 0.5) is 13.2 Å². The Labute approximate surface area is 231 Å². The minimum Gasteiger partial charge on any atom is -0.482 e. The molecule has 0 fully saturated rings. The van der Waals surface area contributed by atoms with E-state index in [2.05, 4.69) is 6.92 Å². The highest BCUT2D eigenvalue weighted by Gasteiger charge is 2.30. The van der Waals surface area contributed by atoms with E-state index >= 15 is 0 Å². The van der Waals surface area contributed by atoms with Crippen molar-refractivity contribution in [1.82, 2.24) is 4.98 Å². The number of carbonyl (C=O) groups is 2. The van der Waals surface area contributed by atoms with Crippen LogP contribution >= 0.6 is 11.3 Å². The van der Waals surface area contributed by atoms with Gasteiger partial charge in [-0.25, -0.2) is 9.78 Å².